The van der Waals surface area contributed by atoms with Gasteiger partial charge in [0, 0.05) is 28.3 Å². The Morgan fingerprint density at radius 1 is 1.44 bits per heavy atom. The first-order chi connectivity index (χ1) is 8.78. The fourth-order valence-electron chi connectivity index (χ4n) is 2.82. The molecule has 0 aliphatic carbocycles. The van der Waals surface area contributed by atoms with E-state index < -0.39 is 0 Å². The van der Waals surface area contributed by atoms with Crippen molar-refractivity contribution in [1.29, 1.82) is 0 Å². The summed E-state index contributed by atoms with van der Waals surface area (Å²) in [6.07, 6.45) is 4.71. The van der Waals surface area contributed by atoms with E-state index in [4.69, 9.17) is 10.6 Å². The molecule has 0 aromatic carbocycles. The quantitative estimate of drug-likeness (QED) is 0.615. The largest absolute Gasteiger partial charge is 0.378 e. The molecule has 4 heteroatoms. The number of hydrogen-bond acceptors (Lipinski definition) is 4. The molecule has 2 heterocycles. The van der Waals surface area contributed by atoms with Crippen molar-refractivity contribution in [3.63, 3.8) is 0 Å². The Morgan fingerprint density at radius 2 is 2.22 bits per heavy atom. The second-order valence-corrected chi connectivity index (χ2v) is 6.22. The number of thiophene rings is 1. The molecule has 3 N–H and O–H groups in total. The Labute approximate surface area is 114 Å². The molecule has 3 atom stereocenters. The lowest BCUT2D eigenvalue weighted by atomic mass is 9.89. The number of hydrogen-bond donors (Lipinski definition) is 2. The lowest BCUT2D eigenvalue weighted by molar-refractivity contribution is 0.0775. The number of hydrazine groups is 1. The van der Waals surface area contributed by atoms with Crippen LogP contribution in [-0.4, -0.2) is 18.8 Å². The molecule has 1 aromatic rings. The Kier molecular flexibility index (Phi) is 5.18. The van der Waals surface area contributed by atoms with Crippen LogP contribution in [0.25, 0.3) is 0 Å². The molecular weight excluding hydrogens is 244 g/mol. The molecule has 1 aromatic heterocycles. The first-order valence-corrected chi connectivity index (χ1v) is 7.75. The van der Waals surface area contributed by atoms with Crippen LogP contribution in [0.1, 0.15) is 36.4 Å². The molecule has 0 spiro atoms. The van der Waals surface area contributed by atoms with Gasteiger partial charge in [-0.15, -0.1) is 11.3 Å². The zero-order chi connectivity index (χ0) is 13.0. The summed E-state index contributed by atoms with van der Waals surface area (Å²) in [5.41, 5.74) is 3.01. The number of nitrogens with two attached hydrogens (primary N) is 1. The van der Waals surface area contributed by atoms with Crippen LogP contribution in [0.5, 0.6) is 0 Å². The summed E-state index contributed by atoms with van der Waals surface area (Å²) in [5.74, 6) is 6.30. The van der Waals surface area contributed by atoms with Gasteiger partial charge in [0.2, 0.25) is 0 Å². The van der Waals surface area contributed by atoms with Crippen LogP contribution in [0.15, 0.2) is 12.1 Å². The first kappa shape index (κ1) is 14.0. The molecule has 0 radical (unpaired) electrons. The van der Waals surface area contributed by atoms with E-state index in [1.54, 1.807) is 0 Å². The van der Waals surface area contributed by atoms with E-state index >= 15 is 0 Å². The molecule has 1 aliphatic rings. The molecular formula is C14H24N2OS. The van der Waals surface area contributed by atoms with Crippen LogP contribution >= 0.6 is 11.3 Å². The zero-order valence-electron chi connectivity index (χ0n) is 11.3. The maximum absolute atomic E-state index is 5.77. The average molecular weight is 268 g/mol. The summed E-state index contributed by atoms with van der Waals surface area (Å²) < 4.78 is 5.77. The molecule has 0 amide bonds. The van der Waals surface area contributed by atoms with Gasteiger partial charge in [0.25, 0.3) is 0 Å². The lowest BCUT2D eigenvalue weighted by Gasteiger charge is -2.26. The molecule has 1 fully saturated rings. The summed E-state index contributed by atoms with van der Waals surface area (Å²) in [7, 11) is 0. The van der Waals surface area contributed by atoms with Gasteiger partial charge in [-0.2, -0.15) is 0 Å². The summed E-state index contributed by atoms with van der Waals surface area (Å²) in [6, 6.07) is 4.81. The van der Waals surface area contributed by atoms with Crippen LogP contribution in [-0.2, 0) is 17.6 Å². The van der Waals surface area contributed by atoms with Crippen molar-refractivity contribution in [2.45, 2.75) is 51.7 Å². The van der Waals surface area contributed by atoms with Gasteiger partial charge in [0.05, 0.1) is 6.10 Å². The number of rotatable bonds is 6. The molecule has 3 unspecified atom stereocenters. The van der Waals surface area contributed by atoms with E-state index in [9.17, 15) is 0 Å². The summed E-state index contributed by atoms with van der Waals surface area (Å²) in [4.78, 5) is 2.88. The third kappa shape index (κ3) is 3.12. The third-order valence-electron chi connectivity index (χ3n) is 3.88. The molecule has 3 nitrogen and oxygen atoms in total. The Balaban J connectivity index is 2.00. The first-order valence-electron chi connectivity index (χ1n) is 6.93. The van der Waals surface area contributed by atoms with Gasteiger partial charge in [-0.05, 0) is 37.8 Å². The molecule has 1 saturated heterocycles. The molecule has 1 aliphatic heterocycles. The van der Waals surface area contributed by atoms with Crippen LogP contribution in [0.2, 0.25) is 0 Å². The molecule has 2 rings (SSSR count). The van der Waals surface area contributed by atoms with Crippen LogP contribution in [0.3, 0.4) is 0 Å². The molecule has 0 bridgehead atoms. The third-order valence-corrected chi connectivity index (χ3v) is 5.13. The van der Waals surface area contributed by atoms with Gasteiger partial charge in [0.15, 0.2) is 0 Å². The SMILES string of the molecule is CCc1ccc(CC(NN)C2CCOC2CC)s1. The summed E-state index contributed by atoms with van der Waals surface area (Å²) in [5, 5.41) is 0. The van der Waals surface area contributed by atoms with Crippen LogP contribution in [0, 0.1) is 5.92 Å². The van der Waals surface area contributed by atoms with Gasteiger partial charge < -0.3 is 4.74 Å². The highest BCUT2D eigenvalue weighted by molar-refractivity contribution is 7.11. The van der Waals surface area contributed by atoms with E-state index in [1.165, 1.54) is 9.75 Å². The highest BCUT2D eigenvalue weighted by atomic mass is 32.1. The lowest BCUT2D eigenvalue weighted by Crippen LogP contribution is -2.45. The number of ether oxygens (including phenoxy) is 1. The van der Waals surface area contributed by atoms with Crippen molar-refractivity contribution in [2.24, 2.45) is 11.8 Å². The predicted molar refractivity (Wildman–Crippen MR) is 76.7 cm³/mol. The van der Waals surface area contributed by atoms with Crippen molar-refractivity contribution < 1.29 is 4.74 Å². The normalized spacial score (nSPS) is 25.5. The van der Waals surface area contributed by atoms with Crippen LogP contribution < -0.4 is 11.3 Å². The zero-order valence-corrected chi connectivity index (χ0v) is 12.1. The molecule has 0 saturated carbocycles. The second-order valence-electron chi connectivity index (χ2n) is 4.97. The molecule has 102 valence electrons. The van der Waals surface area contributed by atoms with Gasteiger partial charge in [0.1, 0.15) is 0 Å². The van der Waals surface area contributed by atoms with Gasteiger partial charge in [-0.1, -0.05) is 13.8 Å². The van der Waals surface area contributed by atoms with E-state index in [0.717, 1.165) is 32.3 Å². The standard InChI is InChI=1S/C14H24N2OS/c1-3-10-5-6-11(18-10)9-13(16-15)12-7-8-17-14(12)4-2/h5-6,12-14,16H,3-4,7-9,15H2,1-2H3. The minimum absolute atomic E-state index is 0.334. The van der Waals surface area contributed by atoms with E-state index in [-0.39, 0.29) is 0 Å². The fraction of sp³-hybridized carbons (Fsp3) is 0.714. The highest BCUT2D eigenvalue weighted by Gasteiger charge is 2.33. The summed E-state index contributed by atoms with van der Waals surface area (Å²) >= 11 is 1.91. The minimum Gasteiger partial charge on any atom is -0.378 e. The van der Waals surface area contributed by atoms with E-state index in [1.807, 2.05) is 11.3 Å². The van der Waals surface area contributed by atoms with Gasteiger partial charge in [-0.25, -0.2) is 0 Å². The van der Waals surface area contributed by atoms with Gasteiger partial charge >= 0.3 is 0 Å². The van der Waals surface area contributed by atoms with Crippen molar-refractivity contribution in [2.75, 3.05) is 6.61 Å². The van der Waals surface area contributed by atoms with Crippen molar-refractivity contribution >= 4 is 11.3 Å². The van der Waals surface area contributed by atoms with Crippen molar-refractivity contribution in [1.82, 2.24) is 5.43 Å². The topological polar surface area (TPSA) is 47.3 Å². The number of aryl methyl sites for hydroxylation is 1. The van der Waals surface area contributed by atoms with E-state index in [2.05, 4.69) is 31.4 Å². The Hall–Kier alpha value is -0.420. The minimum atomic E-state index is 0.334. The number of nitrogens with one attached hydrogen (secondary N) is 1. The molecule has 18 heavy (non-hydrogen) atoms. The highest BCUT2D eigenvalue weighted by Crippen LogP contribution is 2.29. The maximum atomic E-state index is 5.77. The monoisotopic (exact) mass is 268 g/mol. The van der Waals surface area contributed by atoms with Crippen molar-refractivity contribution in [3.8, 4) is 0 Å². The van der Waals surface area contributed by atoms with Crippen LogP contribution in [0.4, 0.5) is 0 Å². The Bertz CT molecular complexity index is 366. The second kappa shape index (κ2) is 6.66. The average Bonchev–Trinajstić information content (AvgIpc) is 3.04. The van der Waals surface area contributed by atoms with E-state index in [0.29, 0.717) is 18.1 Å². The summed E-state index contributed by atoms with van der Waals surface area (Å²) in [6.45, 7) is 5.27. The smallest absolute Gasteiger partial charge is 0.0617 e. The maximum Gasteiger partial charge on any atom is 0.0617 e. The Morgan fingerprint density at radius 3 is 2.83 bits per heavy atom. The van der Waals surface area contributed by atoms with Crippen molar-refractivity contribution in [3.05, 3.63) is 21.9 Å². The van der Waals surface area contributed by atoms with Gasteiger partial charge in [-0.3, -0.25) is 11.3 Å². The predicted octanol–water partition coefficient (Wildman–Crippen LogP) is 2.50. The fourth-order valence-corrected chi connectivity index (χ4v) is 3.83.